The molecule has 1 aromatic heterocycles. The van der Waals surface area contributed by atoms with E-state index in [1.54, 1.807) is 11.2 Å². The summed E-state index contributed by atoms with van der Waals surface area (Å²) in [5.41, 5.74) is 5.81. The zero-order valence-corrected chi connectivity index (χ0v) is 9.98. The average molecular weight is 224 g/mol. The Bertz CT molecular complexity index is 309. The molecule has 0 aromatic carbocycles. The summed E-state index contributed by atoms with van der Waals surface area (Å²) in [7, 11) is 0. The van der Waals surface area contributed by atoms with Crippen LogP contribution in [0, 0.1) is 0 Å². The van der Waals surface area contributed by atoms with Crippen LogP contribution in [0.1, 0.15) is 32.4 Å². The number of likely N-dealkylation sites (N-methyl/N-ethyl adjacent to an activating group) is 1. The first-order valence-corrected chi connectivity index (χ1v) is 5.75. The van der Waals surface area contributed by atoms with Gasteiger partial charge in [0.1, 0.15) is 5.76 Å². The van der Waals surface area contributed by atoms with Gasteiger partial charge in [-0.25, -0.2) is 0 Å². The normalized spacial score (nSPS) is 12.4. The van der Waals surface area contributed by atoms with E-state index in [4.69, 9.17) is 10.2 Å². The van der Waals surface area contributed by atoms with Gasteiger partial charge in [0.25, 0.3) is 0 Å². The van der Waals surface area contributed by atoms with Crippen molar-refractivity contribution < 1.29 is 9.21 Å². The van der Waals surface area contributed by atoms with Gasteiger partial charge in [-0.3, -0.25) is 4.79 Å². The summed E-state index contributed by atoms with van der Waals surface area (Å²) in [5.74, 6) is 0.791. The Balaban J connectivity index is 2.56. The van der Waals surface area contributed by atoms with Gasteiger partial charge >= 0.3 is 0 Å². The molecule has 4 heteroatoms. The van der Waals surface area contributed by atoms with Crippen LogP contribution >= 0.6 is 0 Å². The second kappa shape index (κ2) is 6.33. The van der Waals surface area contributed by atoms with Crippen LogP contribution in [0.2, 0.25) is 0 Å². The van der Waals surface area contributed by atoms with E-state index in [1.807, 2.05) is 26.0 Å². The molecular weight excluding hydrogens is 204 g/mol. The molecule has 0 aliphatic rings. The Labute approximate surface area is 96.4 Å². The first kappa shape index (κ1) is 12.8. The van der Waals surface area contributed by atoms with E-state index in [1.165, 1.54) is 0 Å². The lowest BCUT2D eigenvalue weighted by Crippen LogP contribution is -2.43. The second-order valence-electron chi connectivity index (χ2n) is 3.83. The van der Waals surface area contributed by atoms with E-state index < -0.39 is 0 Å². The van der Waals surface area contributed by atoms with E-state index in [9.17, 15) is 4.79 Å². The maximum Gasteiger partial charge on any atom is 0.239 e. The summed E-state index contributed by atoms with van der Waals surface area (Å²) in [5, 5.41) is 0. The molecular formula is C12H20N2O2. The molecule has 0 fully saturated rings. The van der Waals surface area contributed by atoms with Crippen LogP contribution in [0.25, 0.3) is 0 Å². The minimum Gasteiger partial charge on any atom is -0.467 e. The van der Waals surface area contributed by atoms with Crippen molar-refractivity contribution in [3.8, 4) is 0 Å². The van der Waals surface area contributed by atoms with Crippen LogP contribution in [0.4, 0.5) is 0 Å². The molecule has 90 valence electrons. The fraction of sp³-hybridized carbons (Fsp3) is 0.583. The fourth-order valence-corrected chi connectivity index (χ4v) is 1.61. The zero-order valence-electron chi connectivity index (χ0n) is 9.98. The summed E-state index contributed by atoms with van der Waals surface area (Å²) in [6, 6.07) is 3.29. The van der Waals surface area contributed by atoms with Crippen molar-refractivity contribution in [2.75, 3.05) is 6.54 Å². The molecule has 0 radical (unpaired) electrons. The average Bonchev–Trinajstić information content (AvgIpc) is 2.78. The van der Waals surface area contributed by atoms with E-state index in [-0.39, 0.29) is 11.9 Å². The SMILES string of the molecule is CCC[C@@H](N)C(=O)N(CC)Cc1ccco1. The van der Waals surface area contributed by atoms with E-state index in [0.717, 1.165) is 18.6 Å². The Hall–Kier alpha value is -1.29. The predicted molar refractivity (Wildman–Crippen MR) is 62.7 cm³/mol. The third kappa shape index (κ3) is 3.38. The van der Waals surface area contributed by atoms with Crippen molar-refractivity contribution in [3.63, 3.8) is 0 Å². The molecule has 2 N–H and O–H groups in total. The third-order valence-electron chi connectivity index (χ3n) is 2.54. The van der Waals surface area contributed by atoms with Gasteiger partial charge < -0.3 is 15.1 Å². The standard InChI is InChI=1S/C12H20N2O2/c1-3-6-11(13)12(15)14(4-2)9-10-7-5-8-16-10/h5,7-8,11H,3-4,6,9,13H2,1-2H3/t11-/m1/s1. The van der Waals surface area contributed by atoms with Crippen LogP contribution in [0.3, 0.4) is 0 Å². The monoisotopic (exact) mass is 224 g/mol. The summed E-state index contributed by atoms with van der Waals surface area (Å²) in [6.07, 6.45) is 3.26. The van der Waals surface area contributed by atoms with E-state index in [2.05, 4.69) is 0 Å². The van der Waals surface area contributed by atoms with Crippen LogP contribution in [-0.4, -0.2) is 23.4 Å². The Morgan fingerprint density at radius 1 is 1.56 bits per heavy atom. The molecule has 0 aliphatic carbocycles. The molecule has 0 bridgehead atoms. The number of hydrogen-bond acceptors (Lipinski definition) is 3. The molecule has 1 amide bonds. The Morgan fingerprint density at radius 2 is 2.31 bits per heavy atom. The lowest BCUT2D eigenvalue weighted by Gasteiger charge is -2.23. The number of nitrogens with two attached hydrogens (primary N) is 1. The van der Waals surface area contributed by atoms with Crippen LogP contribution in [-0.2, 0) is 11.3 Å². The summed E-state index contributed by atoms with van der Waals surface area (Å²) in [6.45, 7) is 5.12. The number of amides is 1. The smallest absolute Gasteiger partial charge is 0.239 e. The fourth-order valence-electron chi connectivity index (χ4n) is 1.61. The Kier molecular flexibility index (Phi) is 5.05. The molecule has 16 heavy (non-hydrogen) atoms. The Morgan fingerprint density at radius 3 is 2.81 bits per heavy atom. The molecule has 1 atom stereocenters. The van der Waals surface area contributed by atoms with Gasteiger partial charge in [-0.2, -0.15) is 0 Å². The van der Waals surface area contributed by atoms with Gasteiger partial charge in [-0.15, -0.1) is 0 Å². The maximum absolute atomic E-state index is 11.9. The number of furan rings is 1. The summed E-state index contributed by atoms with van der Waals surface area (Å²) >= 11 is 0. The number of rotatable bonds is 6. The third-order valence-corrected chi connectivity index (χ3v) is 2.54. The highest BCUT2D eigenvalue weighted by atomic mass is 16.3. The maximum atomic E-state index is 11.9. The topological polar surface area (TPSA) is 59.5 Å². The van der Waals surface area contributed by atoms with E-state index in [0.29, 0.717) is 13.1 Å². The van der Waals surface area contributed by atoms with Crippen LogP contribution < -0.4 is 5.73 Å². The molecule has 0 aliphatic heterocycles. The molecule has 4 nitrogen and oxygen atoms in total. The van der Waals surface area contributed by atoms with Crippen molar-refractivity contribution >= 4 is 5.91 Å². The number of nitrogens with zero attached hydrogens (tertiary/aromatic N) is 1. The largest absolute Gasteiger partial charge is 0.467 e. The van der Waals surface area contributed by atoms with Crippen LogP contribution in [0.5, 0.6) is 0 Å². The number of carbonyl (C=O) groups is 1. The molecule has 0 saturated carbocycles. The minimum atomic E-state index is -0.389. The van der Waals surface area contributed by atoms with Crippen molar-refractivity contribution in [1.29, 1.82) is 0 Å². The van der Waals surface area contributed by atoms with Gasteiger partial charge in [0.15, 0.2) is 0 Å². The molecule has 1 heterocycles. The molecule has 0 saturated heterocycles. The molecule has 1 rings (SSSR count). The van der Waals surface area contributed by atoms with Gasteiger partial charge in [0, 0.05) is 6.54 Å². The summed E-state index contributed by atoms with van der Waals surface area (Å²) in [4.78, 5) is 13.7. The van der Waals surface area contributed by atoms with Gasteiger partial charge in [-0.1, -0.05) is 13.3 Å². The van der Waals surface area contributed by atoms with Gasteiger partial charge in [0.05, 0.1) is 18.8 Å². The van der Waals surface area contributed by atoms with Crippen molar-refractivity contribution in [2.24, 2.45) is 5.73 Å². The first-order chi connectivity index (χ1) is 7.69. The van der Waals surface area contributed by atoms with Crippen molar-refractivity contribution in [2.45, 2.75) is 39.3 Å². The molecule has 1 aromatic rings. The number of carbonyl (C=O) groups excluding carboxylic acids is 1. The predicted octanol–water partition coefficient (Wildman–Crippen LogP) is 1.76. The quantitative estimate of drug-likeness (QED) is 0.801. The van der Waals surface area contributed by atoms with Crippen molar-refractivity contribution in [3.05, 3.63) is 24.2 Å². The summed E-state index contributed by atoms with van der Waals surface area (Å²) < 4.78 is 5.22. The zero-order chi connectivity index (χ0) is 12.0. The van der Waals surface area contributed by atoms with Gasteiger partial charge in [0.2, 0.25) is 5.91 Å². The molecule has 0 spiro atoms. The van der Waals surface area contributed by atoms with E-state index >= 15 is 0 Å². The lowest BCUT2D eigenvalue weighted by atomic mass is 10.1. The molecule has 0 unspecified atom stereocenters. The highest BCUT2D eigenvalue weighted by Crippen LogP contribution is 2.08. The van der Waals surface area contributed by atoms with Gasteiger partial charge in [-0.05, 0) is 25.5 Å². The lowest BCUT2D eigenvalue weighted by molar-refractivity contribution is -0.133. The van der Waals surface area contributed by atoms with Crippen molar-refractivity contribution in [1.82, 2.24) is 4.90 Å². The van der Waals surface area contributed by atoms with Crippen LogP contribution in [0.15, 0.2) is 22.8 Å². The first-order valence-electron chi connectivity index (χ1n) is 5.75. The number of hydrogen-bond donors (Lipinski definition) is 1. The minimum absolute atomic E-state index is 0.000694. The highest BCUT2D eigenvalue weighted by Gasteiger charge is 2.19. The highest BCUT2D eigenvalue weighted by molar-refractivity contribution is 5.81. The second-order valence-corrected chi connectivity index (χ2v) is 3.83.